The predicted molar refractivity (Wildman–Crippen MR) is 74.4 cm³/mol. The minimum absolute atomic E-state index is 0.101. The predicted octanol–water partition coefficient (Wildman–Crippen LogP) is 1.96. The van der Waals surface area contributed by atoms with Gasteiger partial charge in [0.1, 0.15) is 0 Å². The zero-order chi connectivity index (χ0) is 13.4. The number of aryl methyl sites for hydroxylation is 2. The molecule has 1 saturated heterocycles. The fraction of sp³-hybridized carbons (Fsp3) is 0.400. The Hall–Kier alpha value is -1.81. The summed E-state index contributed by atoms with van der Waals surface area (Å²) >= 11 is 0. The number of hydrogen-bond acceptors (Lipinski definition) is 2. The summed E-state index contributed by atoms with van der Waals surface area (Å²) in [6.45, 7) is 4.71. The second-order valence-corrected chi connectivity index (χ2v) is 5.02. The van der Waals surface area contributed by atoms with Gasteiger partial charge in [0.15, 0.2) is 0 Å². The van der Waals surface area contributed by atoms with Crippen molar-refractivity contribution in [3.63, 3.8) is 0 Å². The molecule has 19 heavy (non-hydrogen) atoms. The Morgan fingerprint density at radius 2 is 1.95 bits per heavy atom. The first-order valence-electron chi connectivity index (χ1n) is 6.60. The molecular weight excluding hydrogens is 240 g/mol. The highest BCUT2D eigenvalue weighted by atomic mass is 16.5. The van der Waals surface area contributed by atoms with Crippen LogP contribution in [0.2, 0.25) is 0 Å². The molecule has 0 aliphatic carbocycles. The smallest absolute Gasteiger partial charge is 0.254 e. The quantitative estimate of drug-likeness (QED) is 0.783. The van der Waals surface area contributed by atoms with Crippen LogP contribution in [0.4, 0.5) is 0 Å². The first-order valence-corrected chi connectivity index (χ1v) is 6.60. The lowest BCUT2D eigenvalue weighted by Gasteiger charge is -2.26. The van der Waals surface area contributed by atoms with Crippen LogP contribution in [0.1, 0.15) is 16.1 Å². The third-order valence-electron chi connectivity index (χ3n) is 3.83. The topological polar surface area (TPSA) is 34.5 Å². The van der Waals surface area contributed by atoms with E-state index in [9.17, 15) is 4.79 Å². The van der Waals surface area contributed by atoms with E-state index >= 15 is 0 Å². The molecule has 1 aromatic carbocycles. The van der Waals surface area contributed by atoms with Crippen molar-refractivity contribution in [3.05, 3.63) is 35.5 Å². The van der Waals surface area contributed by atoms with Gasteiger partial charge in [-0.05, 0) is 30.5 Å². The maximum atomic E-state index is 12.4. The van der Waals surface area contributed by atoms with E-state index in [1.165, 1.54) is 11.1 Å². The molecule has 0 unspecified atom stereocenters. The molecule has 100 valence electrons. The molecule has 2 aromatic rings. The molecule has 1 aliphatic heterocycles. The largest absolute Gasteiger partial charge is 0.378 e. The Bertz CT molecular complexity index is 624. The molecule has 0 N–H and O–H groups in total. The van der Waals surface area contributed by atoms with E-state index in [2.05, 4.69) is 17.6 Å². The average molecular weight is 258 g/mol. The summed E-state index contributed by atoms with van der Waals surface area (Å²) in [6.07, 6.45) is 0. The summed E-state index contributed by atoms with van der Waals surface area (Å²) in [5.74, 6) is 0.101. The Kier molecular flexibility index (Phi) is 3.03. The van der Waals surface area contributed by atoms with Gasteiger partial charge in [-0.25, -0.2) is 0 Å². The molecule has 4 heteroatoms. The molecular formula is C15H18N2O2. The van der Waals surface area contributed by atoms with Gasteiger partial charge < -0.3 is 14.2 Å². The number of aromatic nitrogens is 1. The third kappa shape index (κ3) is 2.12. The summed E-state index contributed by atoms with van der Waals surface area (Å²) in [6, 6.07) is 8.06. The van der Waals surface area contributed by atoms with E-state index in [0.717, 1.165) is 11.1 Å². The van der Waals surface area contributed by atoms with Gasteiger partial charge in [0, 0.05) is 36.9 Å². The van der Waals surface area contributed by atoms with E-state index in [0.29, 0.717) is 26.3 Å². The maximum Gasteiger partial charge on any atom is 0.254 e. The SMILES string of the molecule is Cc1cc2ccc(C(=O)N3CCOCC3)cc2n1C. The van der Waals surface area contributed by atoms with Crippen molar-refractivity contribution in [2.45, 2.75) is 6.92 Å². The van der Waals surface area contributed by atoms with Crippen molar-refractivity contribution in [3.8, 4) is 0 Å². The van der Waals surface area contributed by atoms with Gasteiger partial charge in [-0.15, -0.1) is 0 Å². The Morgan fingerprint density at radius 1 is 1.21 bits per heavy atom. The van der Waals surface area contributed by atoms with Crippen molar-refractivity contribution < 1.29 is 9.53 Å². The number of nitrogens with zero attached hydrogens (tertiary/aromatic N) is 2. The Morgan fingerprint density at radius 3 is 2.68 bits per heavy atom. The van der Waals surface area contributed by atoms with Crippen LogP contribution >= 0.6 is 0 Å². The number of carbonyl (C=O) groups is 1. The minimum Gasteiger partial charge on any atom is -0.378 e. The molecule has 0 radical (unpaired) electrons. The molecule has 0 spiro atoms. The zero-order valence-corrected chi connectivity index (χ0v) is 11.3. The first-order chi connectivity index (χ1) is 9.16. The number of amides is 1. The number of benzene rings is 1. The molecule has 1 aromatic heterocycles. The lowest BCUT2D eigenvalue weighted by atomic mass is 10.1. The zero-order valence-electron chi connectivity index (χ0n) is 11.3. The second kappa shape index (κ2) is 4.70. The van der Waals surface area contributed by atoms with Crippen LogP contribution in [-0.2, 0) is 11.8 Å². The summed E-state index contributed by atoms with van der Waals surface area (Å²) in [4.78, 5) is 14.3. The van der Waals surface area contributed by atoms with Gasteiger partial charge in [0.2, 0.25) is 0 Å². The van der Waals surface area contributed by atoms with Crippen LogP contribution in [0.15, 0.2) is 24.3 Å². The maximum absolute atomic E-state index is 12.4. The summed E-state index contributed by atoms with van der Waals surface area (Å²) < 4.78 is 7.40. The van der Waals surface area contributed by atoms with E-state index in [-0.39, 0.29) is 5.91 Å². The van der Waals surface area contributed by atoms with Gasteiger partial charge in [0.25, 0.3) is 5.91 Å². The molecule has 0 bridgehead atoms. The standard InChI is InChI=1S/C15H18N2O2/c1-11-9-12-3-4-13(10-14(12)16(11)2)15(18)17-5-7-19-8-6-17/h3-4,9-10H,5-8H2,1-2H3. The molecule has 4 nitrogen and oxygen atoms in total. The molecule has 3 rings (SSSR count). The summed E-state index contributed by atoms with van der Waals surface area (Å²) in [7, 11) is 2.03. The number of morpholine rings is 1. The van der Waals surface area contributed by atoms with E-state index < -0.39 is 0 Å². The number of carbonyl (C=O) groups excluding carboxylic acids is 1. The van der Waals surface area contributed by atoms with Gasteiger partial charge in [-0.3, -0.25) is 4.79 Å². The molecule has 2 heterocycles. The van der Waals surface area contributed by atoms with Crippen molar-refractivity contribution >= 4 is 16.8 Å². The number of hydrogen-bond donors (Lipinski definition) is 0. The second-order valence-electron chi connectivity index (χ2n) is 5.02. The highest BCUT2D eigenvalue weighted by Gasteiger charge is 2.19. The fourth-order valence-electron chi connectivity index (χ4n) is 2.55. The van der Waals surface area contributed by atoms with E-state index in [1.54, 1.807) is 0 Å². The van der Waals surface area contributed by atoms with Crippen LogP contribution in [-0.4, -0.2) is 41.7 Å². The van der Waals surface area contributed by atoms with Crippen LogP contribution in [0.3, 0.4) is 0 Å². The highest BCUT2D eigenvalue weighted by Crippen LogP contribution is 2.20. The van der Waals surface area contributed by atoms with Crippen LogP contribution in [0, 0.1) is 6.92 Å². The third-order valence-corrected chi connectivity index (χ3v) is 3.83. The molecule has 1 amide bonds. The van der Waals surface area contributed by atoms with Gasteiger partial charge >= 0.3 is 0 Å². The monoisotopic (exact) mass is 258 g/mol. The van der Waals surface area contributed by atoms with Crippen LogP contribution in [0.25, 0.3) is 10.9 Å². The average Bonchev–Trinajstić information content (AvgIpc) is 2.74. The normalized spacial score (nSPS) is 16.0. The highest BCUT2D eigenvalue weighted by molar-refractivity contribution is 5.98. The van der Waals surface area contributed by atoms with Crippen LogP contribution < -0.4 is 0 Å². The molecule has 1 fully saturated rings. The van der Waals surface area contributed by atoms with E-state index in [4.69, 9.17) is 4.74 Å². The van der Waals surface area contributed by atoms with Gasteiger partial charge in [-0.1, -0.05) is 6.07 Å². The van der Waals surface area contributed by atoms with Gasteiger partial charge in [-0.2, -0.15) is 0 Å². The molecule has 1 aliphatic rings. The lowest BCUT2D eigenvalue weighted by Crippen LogP contribution is -2.40. The fourth-order valence-corrected chi connectivity index (χ4v) is 2.55. The first kappa shape index (κ1) is 12.2. The summed E-state index contributed by atoms with van der Waals surface area (Å²) in [5.41, 5.74) is 3.07. The Labute approximate surface area is 112 Å². The molecule has 0 saturated carbocycles. The number of fused-ring (bicyclic) bond motifs is 1. The van der Waals surface area contributed by atoms with Crippen molar-refractivity contribution in [2.24, 2.45) is 7.05 Å². The van der Waals surface area contributed by atoms with Crippen molar-refractivity contribution in [2.75, 3.05) is 26.3 Å². The van der Waals surface area contributed by atoms with E-state index in [1.807, 2.05) is 30.1 Å². The van der Waals surface area contributed by atoms with Crippen molar-refractivity contribution in [1.82, 2.24) is 9.47 Å². The lowest BCUT2D eigenvalue weighted by molar-refractivity contribution is 0.0303. The minimum atomic E-state index is 0.101. The van der Waals surface area contributed by atoms with Crippen LogP contribution in [0.5, 0.6) is 0 Å². The number of rotatable bonds is 1. The van der Waals surface area contributed by atoms with Gasteiger partial charge in [0.05, 0.1) is 13.2 Å². The Balaban J connectivity index is 1.96. The number of ether oxygens (including phenoxy) is 1. The van der Waals surface area contributed by atoms with Crippen molar-refractivity contribution in [1.29, 1.82) is 0 Å². The molecule has 0 atom stereocenters. The summed E-state index contributed by atoms with van der Waals surface area (Å²) in [5, 5.41) is 1.18.